The molecule has 6 rings (SSSR count). The van der Waals surface area contributed by atoms with E-state index in [1.54, 1.807) is 3.61 Å². The van der Waals surface area contributed by atoms with Crippen LogP contribution in [0.4, 0.5) is 0 Å². The quantitative estimate of drug-likeness (QED) is 0.194. The summed E-state index contributed by atoms with van der Waals surface area (Å²) in [5.41, 5.74) is 6.84. The van der Waals surface area contributed by atoms with E-state index < -0.39 is 25.7 Å². The van der Waals surface area contributed by atoms with Gasteiger partial charge in [-0.15, -0.1) is 0 Å². The molecule has 0 unspecified atom stereocenters. The maximum atomic E-state index is 2.45. The van der Waals surface area contributed by atoms with Crippen LogP contribution in [0.2, 0.25) is 4.97 Å². The van der Waals surface area contributed by atoms with E-state index in [1.165, 1.54) is 31.9 Å². The van der Waals surface area contributed by atoms with Crippen molar-refractivity contribution in [2.45, 2.75) is 9.44 Å². The van der Waals surface area contributed by atoms with Gasteiger partial charge in [0.15, 0.2) is 0 Å². The molecule has 0 atom stereocenters. The predicted octanol–water partition coefficient (Wildman–Crippen LogP) is 5.86. The first-order chi connectivity index (χ1) is 19.8. The monoisotopic (exact) mass is 632 g/mol. The van der Waals surface area contributed by atoms with Gasteiger partial charge in [0.25, 0.3) is 0 Å². The number of hydrogen-bond acceptors (Lipinski definition) is 0. The van der Waals surface area contributed by atoms with Gasteiger partial charge in [-0.25, -0.2) is 0 Å². The Morgan fingerprint density at radius 2 is 0.650 bits per heavy atom. The fourth-order valence-corrected chi connectivity index (χ4v) is 9.91. The van der Waals surface area contributed by atoms with E-state index in [0.29, 0.717) is 0 Å². The first kappa shape index (κ1) is 27.7. The smallest absolute Gasteiger partial charge is 0.108 e. The summed E-state index contributed by atoms with van der Waals surface area (Å²) >= 11 is -1.10. The predicted molar refractivity (Wildman–Crippen MR) is 178 cm³/mol. The molecule has 0 radical (unpaired) electrons. The molecule has 0 nitrogen and oxygen atoms in total. The fraction of sp³-hybridized carbons (Fsp3) is 0.0526. The summed E-state index contributed by atoms with van der Waals surface area (Å²) < 4.78 is 2.87. The summed E-state index contributed by atoms with van der Waals surface area (Å²) in [6.45, 7) is 0. The average molecular weight is 630 g/mol. The van der Waals surface area contributed by atoms with Crippen LogP contribution in [0.1, 0.15) is 5.56 Å². The van der Waals surface area contributed by atoms with Gasteiger partial charge in [-0.1, -0.05) is 121 Å². The molecule has 6 aromatic carbocycles. The second-order valence-corrected chi connectivity index (χ2v) is 15.9. The first-order valence-electron chi connectivity index (χ1n) is 13.9. The maximum Gasteiger partial charge on any atom is 0.108 e. The van der Waals surface area contributed by atoms with Crippen LogP contribution in [-0.2, 0) is 4.47 Å². The van der Waals surface area contributed by atoms with Crippen LogP contribution in [-0.4, -0.2) is 25.7 Å². The Balaban J connectivity index is 0.000000184. The first-order valence-corrected chi connectivity index (χ1v) is 19.0. The third-order valence-electron chi connectivity index (χ3n) is 7.57. The van der Waals surface area contributed by atoms with E-state index in [0.717, 1.165) is 0 Å². The molecule has 40 heavy (non-hydrogen) atoms. The molecule has 196 valence electrons. The summed E-state index contributed by atoms with van der Waals surface area (Å²) in [7, 11) is 0. The Kier molecular flexibility index (Phi) is 9.70. The maximum absolute atomic E-state index is 2.45. The van der Waals surface area contributed by atoms with Gasteiger partial charge in [-0.05, 0) is 0 Å². The molecule has 0 spiro atoms. The molecule has 2 heteroatoms. The van der Waals surface area contributed by atoms with Crippen LogP contribution < -0.4 is 25.5 Å². The molecule has 0 aliphatic heterocycles. The van der Waals surface area contributed by atoms with E-state index in [4.69, 9.17) is 0 Å². The second-order valence-electron chi connectivity index (χ2n) is 10.1. The topological polar surface area (TPSA) is 0 Å². The van der Waals surface area contributed by atoms with Crippen molar-refractivity contribution in [2.24, 2.45) is 0 Å². The van der Waals surface area contributed by atoms with E-state index in [-0.39, 0.29) is 0 Å². The van der Waals surface area contributed by atoms with Crippen LogP contribution in [0.5, 0.6) is 0 Å². The molecule has 0 aromatic heterocycles. The SMILES string of the molecule is C[Te+](Cc1ccccc1)c1ccccc1.c1ccc([B-](c2ccccc2)(c2ccccc2)c2ccccc2)cc1. The van der Waals surface area contributed by atoms with Crippen LogP contribution in [0.25, 0.3) is 0 Å². The van der Waals surface area contributed by atoms with Crippen molar-refractivity contribution in [3.63, 3.8) is 0 Å². The minimum atomic E-state index is -1.22. The fourth-order valence-electron chi connectivity index (χ4n) is 5.68. The molecule has 0 fully saturated rings. The zero-order chi connectivity index (χ0) is 27.5. The summed E-state index contributed by atoms with van der Waals surface area (Å²) in [5, 5.41) is 0. The molecule has 0 saturated heterocycles. The van der Waals surface area contributed by atoms with Crippen molar-refractivity contribution in [2.75, 3.05) is 0 Å². The molecule has 0 bridgehead atoms. The third-order valence-corrected chi connectivity index (χ3v) is 12.8. The summed E-state index contributed by atoms with van der Waals surface area (Å²) in [4.78, 5) is 2.45. The van der Waals surface area contributed by atoms with Gasteiger partial charge in [-0.2, -0.15) is 21.9 Å². The molecule has 0 aliphatic carbocycles. The van der Waals surface area contributed by atoms with Gasteiger partial charge < -0.3 is 0 Å². The average Bonchev–Trinajstić information content (AvgIpc) is 3.05. The summed E-state index contributed by atoms with van der Waals surface area (Å²) in [5.74, 6) is 0. The van der Waals surface area contributed by atoms with Crippen LogP contribution in [0, 0.1) is 0 Å². The number of benzene rings is 6. The Bertz CT molecular complexity index is 1380. The molecule has 0 N–H and O–H groups in total. The standard InChI is InChI=1S/C24H20B.C14H15Te/c1-5-13-21(14-6-1)25(22-15-7-2-8-16-22,23-17-9-3-10-18-23)24-19-11-4-12-20-24;1-15(14-10-6-3-7-11-14)12-13-8-4-2-5-9-13/h1-20H;2-11H,12H2,1H3/q-1;+1. The number of rotatable bonds is 7. The van der Waals surface area contributed by atoms with E-state index in [2.05, 4.69) is 187 Å². The van der Waals surface area contributed by atoms with Gasteiger partial charge in [0.1, 0.15) is 6.15 Å². The Labute approximate surface area is 246 Å². The Hall–Kier alpha value is -3.83. The van der Waals surface area contributed by atoms with Gasteiger partial charge in [0, 0.05) is 0 Å². The molecular formula is C38H35BTe. The van der Waals surface area contributed by atoms with Crippen LogP contribution in [0.15, 0.2) is 182 Å². The largest absolute Gasteiger partial charge is 0.195 e. The Morgan fingerprint density at radius 1 is 0.375 bits per heavy atom. The molecule has 0 saturated carbocycles. The van der Waals surface area contributed by atoms with Crippen LogP contribution >= 0.6 is 0 Å². The normalized spacial score (nSPS) is 10.9. The molecule has 0 amide bonds. The van der Waals surface area contributed by atoms with E-state index in [9.17, 15) is 0 Å². The van der Waals surface area contributed by atoms with Crippen LogP contribution in [0.3, 0.4) is 0 Å². The van der Waals surface area contributed by atoms with Gasteiger partial charge >= 0.3 is 98.8 Å². The van der Waals surface area contributed by atoms with Crippen molar-refractivity contribution in [1.82, 2.24) is 0 Å². The zero-order valence-electron chi connectivity index (χ0n) is 23.0. The molecular weight excluding hydrogens is 595 g/mol. The van der Waals surface area contributed by atoms with Crippen molar-refractivity contribution in [3.8, 4) is 0 Å². The molecule has 0 aliphatic rings. The van der Waals surface area contributed by atoms with Crippen molar-refractivity contribution < 1.29 is 0 Å². The van der Waals surface area contributed by atoms with Crippen molar-refractivity contribution >= 4 is 51.2 Å². The van der Waals surface area contributed by atoms with Gasteiger partial charge in [-0.3, -0.25) is 0 Å². The van der Waals surface area contributed by atoms with Gasteiger partial charge in [0.05, 0.1) is 0 Å². The summed E-state index contributed by atoms with van der Waals surface area (Å²) in [6.07, 6.45) is -1.22. The molecule has 6 aromatic rings. The minimum absolute atomic E-state index is 1.10. The van der Waals surface area contributed by atoms with Crippen molar-refractivity contribution in [1.29, 1.82) is 0 Å². The number of hydrogen-bond donors (Lipinski definition) is 0. The van der Waals surface area contributed by atoms with Crippen molar-refractivity contribution in [3.05, 3.63) is 188 Å². The zero-order valence-corrected chi connectivity index (χ0v) is 25.3. The second kappa shape index (κ2) is 14.0. The summed E-state index contributed by atoms with van der Waals surface area (Å²) in [6, 6.07) is 65.3. The van der Waals surface area contributed by atoms with E-state index >= 15 is 0 Å². The third kappa shape index (κ3) is 6.48. The Morgan fingerprint density at radius 3 is 0.975 bits per heavy atom. The van der Waals surface area contributed by atoms with Gasteiger partial charge in [0.2, 0.25) is 0 Å². The van der Waals surface area contributed by atoms with E-state index in [1.807, 2.05) is 0 Å². The minimum Gasteiger partial charge on any atom is -0.195 e. The molecule has 0 heterocycles.